The molecule has 1 fully saturated rings. The van der Waals surface area contributed by atoms with Crippen LogP contribution in [0, 0.1) is 0 Å². The maximum Gasteiger partial charge on any atom is 0.291 e. The molecule has 0 N–H and O–H groups in total. The number of hydrogen-bond acceptors (Lipinski definition) is 4. The molecule has 0 spiro atoms. The van der Waals surface area contributed by atoms with Crippen molar-refractivity contribution in [3.8, 4) is 0 Å². The summed E-state index contributed by atoms with van der Waals surface area (Å²) >= 11 is 0. The third-order valence-corrected chi connectivity index (χ3v) is 6.93. The van der Waals surface area contributed by atoms with E-state index in [1.54, 1.807) is 13.1 Å². The average Bonchev–Trinajstić information content (AvgIpc) is 3.16. The molecule has 1 saturated heterocycles. The predicted molar refractivity (Wildman–Crippen MR) is 134 cm³/mol. The Hall–Kier alpha value is -3.16. The summed E-state index contributed by atoms with van der Waals surface area (Å²) in [6.07, 6.45) is 6.04. The molecule has 0 aliphatic carbocycles. The highest BCUT2D eigenvalue weighted by atomic mass is 16.2. The Labute approximate surface area is 200 Å². The third-order valence-electron chi connectivity index (χ3n) is 6.93. The van der Waals surface area contributed by atoms with Crippen LogP contribution in [0.5, 0.6) is 0 Å². The number of nitrogens with zero attached hydrogens (tertiary/aromatic N) is 5. The summed E-state index contributed by atoms with van der Waals surface area (Å²) in [7, 11) is 0. The molecule has 0 saturated carbocycles. The zero-order valence-electron chi connectivity index (χ0n) is 20.5. The summed E-state index contributed by atoms with van der Waals surface area (Å²) < 4.78 is 3.38. The highest BCUT2D eigenvalue weighted by molar-refractivity contribution is 6.07. The lowest BCUT2D eigenvalue weighted by atomic mass is 10.0. The van der Waals surface area contributed by atoms with E-state index in [0.717, 1.165) is 54.9 Å². The smallest absolute Gasteiger partial charge is 0.291 e. The van der Waals surface area contributed by atoms with E-state index in [0.29, 0.717) is 25.2 Å². The molecule has 182 valence electrons. The van der Waals surface area contributed by atoms with Gasteiger partial charge in [-0.25, -0.2) is 4.68 Å². The topological polar surface area (TPSA) is 80.4 Å². The van der Waals surface area contributed by atoms with Crippen LogP contribution < -0.4 is 5.56 Å². The molecule has 2 aromatic heterocycles. The molecule has 4 rings (SSSR count). The summed E-state index contributed by atoms with van der Waals surface area (Å²) in [5.74, 6) is -0.00163. The van der Waals surface area contributed by atoms with Crippen molar-refractivity contribution in [2.45, 2.75) is 72.0 Å². The van der Waals surface area contributed by atoms with Crippen molar-refractivity contribution in [3.05, 3.63) is 40.8 Å². The molecule has 0 atom stereocenters. The number of unbranched alkanes of at least 4 members (excludes halogenated alkanes) is 1. The molecule has 1 aliphatic heterocycles. The predicted octanol–water partition coefficient (Wildman–Crippen LogP) is 3.40. The van der Waals surface area contributed by atoms with E-state index in [1.165, 1.54) is 4.68 Å². The number of carbonyl (C=O) groups is 2. The molecule has 3 heterocycles. The molecule has 0 bridgehead atoms. The van der Waals surface area contributed by atoms with Crippen LogP contribution in [0.4, 0.5) is 0 Å². The Bertz CT molecular complexity index is 1240. The van der Waals surface area contributed by atoms with Crippen LogP contribution in [0.1, 0.15) is 52.9 Å². The van der Waals surface area contributed by atoms with Crippen LogP contribution in [-0.2, 0) is 22.7 Å². The number of amides is 2. The van der Waals surface area contributed by atoms with Crippen LogP contribution in [0.25, 0.3) is 21.8 Å². The van der Waals surface area contributed by atoms with E-state index in [2.05, 4.69) is 23.5 Å². The number of carbonyl (C=O) groups excluding carboxylic acids is 2. The minimum absolute atomic E-state index is 0.0704. The van der Waals surface area contributed by atoms with E-state index in [4.69, 9.17) is 0 Å². The lowest BCUT2D eigenvalue weighted by Crippen LogP contribution is -2.50. The van der Waals surface area contributed by atoms with Gasteiger partial charge in [-0.05, 0) is 31.7 Å². The van der Waals surface area contributed by atoms with Gasteiger partial charge >= 0.3 is 0 Å². The van der Waals surface area contributed by atoms with Gasteiger partial charge in [0.1, 0.15) is 12.1 Å². The molecule has 1 aliphatic rings. The summed E-state index contributed by atoms with van der Waals surface area (Å²) in [5, 5.41) is 6.24. The van der Waals surface area contributed by atoms with E-state index in [1.807, 2.05) is 34.1 Å². The number of benzene rings is 1. The molecule has 0 radical (unpaired) electrons. The molecule has 8 nitrogen and oxygen atoms in total. The highest BCUT2D eigenvalue weighted by Crippen LogP contribution is 2.26. The first-order chi connectivity index (χ1) is 16.5. The SMILES string of the molecule is CCCCN(C(=O)Cn1ncc2c3ccccc3n(CCC)c2c1=O)C1CCN(C(C)=O)CC1. The van der Waals surface area contributed by atoms with Crippen molar-refractivity contribution >= 4 is 33.6 Å². The number of para-hydroxylation sites is 1. The summed E-state index contributed by atoms with van der Waals surface area (Å²) in [5.41, 5.74) is 1.40. The standard InChI is InChI=1S/C26H35N5O3/c1-4-6-14-29(20-11-15-28(16-12-20)19(3)32)24(33)18-31-26(34)25-22(17-27-31)21-9-7-8-10-23(21)30(25)13-5-2/h7-10,17,20H,4-6,11-16,18H2,1-3H3. The Kier molecular flexibility index (Phi) is 7.34. The number of likely N-dealkylation sites (tertiary alicyclic amines) is 1. The van der Waals surface area contributed by atoms with Crippen LogP contribution in [-0.4, -0.2) is 61.6 Å². The maximum absolute atomic E-state index is 13.5. The molecule has 0 unspecified atom stereocenters. The van der Waals surface area contributed by atoms with Crippen LogP contribution in [0.2, 0.25) is 0 Å². The van der Waals surface area contributed by atoms with E-state index in [9.17, 15) is 14.4 Å². The minimum atomic E-state index is -0.225. The number of fused-ring (bicyclic) bond motifs is 3. The van der Waals surface area contributed by atoms with Crippen molar-refractivity contribution < 1.29 is 9.59 Å². The second kappa shape index (κ2) is 10.4. The Morgan fingerprint density at radius 1 is 1.09 bits per heavy atom. The highest BCUT2D eigenvalue weighted by Gasteiger charge is 2.29. The largest absolute Gasteiger partial charge is 0.343 e. The first-order valence-electron chi connectivity index (χ1n) is 12.5. The Morgan fingerprint density at radius 3 is 2.50 bits per heavy atom. The van der Waals surface area contributed by atoms with Crippen molar-refractivity contribution in [3.63, 3.8) is 0 Å². The quantitative estimate of drug-likeness (QED) is 0.511. The number of rotatable bonds is 8. The van der Waals surface area contributed by atoms with Crippen molar-refractivity contribution in [2.75, 3.05) is 19.6 Å². The Balaban J connectivity index is 1.63. The minimum Gasteiger partial charge on any atom is -0.343 e. The summed E-state index contributed by atoms with van der Waals surface area (Å²) in [4.78, 5) is 42.4. The summed E-state index contributed by atoms with van der Waals surface area (Å²) in [6.45, 7) is 8.43. The van der Waals surface area contributed by atoms with Gasteiger partial charge in [-0.1, -0.05) is 38.5 Å². The fourth-order valence-corrected chi connectivity index (χ4v) is 5.11. The second-order valence-corrected chi connectivity index (χ2v) is 9.22. The van der Waals surface area contributed by atoms with Crippen molar-refractivity contribution in [1.29, 1.82) is 0 Å². The van der Waals surface area contributed by atoms with Gasteiger partial charge in [0.05, 0.1) is 6.20 Å². The van der Waals surface area contributed by atoms with Crippen molar-refractivity contribution in [2.24, 2.45) is 0 Å². The van der Waals surface area contributed by atoms with Gasteiger partial charge in [-0.3, -0.25) is 14.4 Å². The average molecular weight is 466 g/mol. The number of hydrogen-bond donors (Lipinski definition) is 0. The van der Waals surface area contributed by atoms with Gasteiger partial charge in [0, 0.05) is 55.4 Å². The normalized spacial score (nSPS) is 14.7. The number of aryl methyl sites for hydroxylation is 1. The molecular weight excluding hydrogens is 430 g/mol. The zero-order chi connectivity index (χ0) is 24.2. The third kappa shape index (κ3) is 4.58. The van der Waals surface area contributed by atoms with Gasteiger partial charge in [-0.15, -0.1) is 0 Å². The first kappa shape index (κ1) is 24.0. The van der Waals surface area contributed by atoms with Gasteiger partial charge < -0.3 is 14.4 Å². The van der Waals surface area contributed by atoms with Gasteiger partial charge in [0.25, 0.3) is 5.56 Å². The Morgan fingerprint density at radius 2 is 1.82 bits per heavy atom. The fourth-order valence-electron chi connectivity index (χ4n) is 5.11. The monoisotopic (exact) mass is 465 g/mol. The molecule has 3 aromatic rings. The lowest BCUT2D eigenvalue weighted by Gasteiger charge is -2.38. The molecule has 34 heavy (non-hydrogen) atoms. The summed E-state index contributed by atoms with van der Waals surface area (Å²) in [6, 6.07) is 8.07. The van der Waals surface area contributed by atoms with Gasteiger partial charge in [-0.2, -0.15) is 5.10 Å². The number of aromatic nitrogens is 3. The number of piperidine rings is 1. The molecule has 1 aromatic carbocycles. The van der Waals surface area contributed by atoms with Crippen LogP contribution in [0.3, 0.4) is 0 Å². The second-order valence-electron chi connectivity index (χ2n) is 9.22. The molecule has 8 heteroatoms. The van der Waals surface area contributed by atoms with E-state index >= 15 is 0 Å². The fraction of sp³-hybridized carbons (Fsp3) is 0.538. The molecule has 2 amide bonds. The first-order valence-corrected chi connectivity index (χ1v) is 12.5. The zero-order valence-corrected chi connectivity index (χ0v) is 20.5. The van der Waals surface area contributed by atoms with Crippen molar-refractivity contribution in [1.82, 2.24) is 24.1 Å². The van der Waals surface area contributed by atoms with Crippen LogP contribution in [0.15, 0.2) is 35.3 Å². The maximum atomic E-state index is 13.5. The van der Waals surface area contributed by atoms with Gasteiger partial charge in [0.15, 0.2) is 0 Å². The van der Waals surface area contributed by atoms with E-state index in [-0.39, 0.29) is 30.0 Å². The van der Waals surface area contributed by atoms with Gasteiger partial charge in [0.2, 0.25) is 11.8 Å². The van der Waals surface area contributed by atoms with E-state index < -0.39 is 0 Å². The molecular formula is C26H35N5O3. The lowest BCUT2D eigenvalue weighted by molar-refractivity contribution is -0.136. The van der Waals surface area contributed by atoms with Crippen LogP contribution >= 0.6 is 0 Å².